The van der Waals surface area contributed by atoms with Gasteiger partial charge in [-0.15, -0.1) is 5.10 Å². The Morgan fingerprint density at radius 3 is 2.67 bits per heavy atom. The van der Waals surface area contributed by atoms with Gasteiger partial charge in [-0.1, -0.05) is 23.3 Å². The molecule has 1 aliphatic heterocycles. The Hall–Kier alpha value is -3.42. The zero-order valence-electron chi connectivity index (χ0n) is 14.9. The first-order valence-corrected chi connectivity index (χ1v) is 8.58. The predicted molar refractivity (Wildman–Crippen MR) is 96.6 cm³/mol. The summed E-state index contributed by atoms with van der Waals surface area (Å²) in [6, 6.07) is 11.1. The average molecular weight is 366 g/mol. The lowest BCUT2D eigenvalue weighted by molar-refractivity contribution is -0.117. The van der Waals surface area contributed by atoms with E-state index in [4.69, 9.17) is 8.83 Å². The number of aryl methyl sites for hydroxylation is 2. The van der Waals surface area contributed by atoms with Gasteiger partial charge in [0.25, 0.3) is 5.91 Å². The maximum absolute atomic E-state index is 12.3. The molecule has 1 aromatic carbocycles. The second-order valence-corrected chi connectivity index (χ2v) is 6.47. The maximum atomic E-state index is 12.3. The van der Waals surface area contributed by atoms with E-state index >= 15 is 0 Å². The van der Waals surface area contributed by atoms with Crippen LogP contribution < -0.4 is 10.2 Å². The molecule has 4 rings (SSSR count). The smallest absolute Gasteiger partial charge is 0.322 e. The number of hydrogen-bond acceptors (Lipinski definition) is 6. The second-order valence-electron chi connectivity index (χ2n) is 6.47. The number of aromatic nitrogens is 2. The molecular formula is C19H18N4O4. The average Bonchev–Trinajstić information content (AvgIpc) is 3.34. The van der Waals surface area contributed by atoms with Gasteiger partial charge in [-0.3, -0.25) is 14.9 Å². The first-order chi connectivity index (χ1) is 13.0. The maximum Gasteiger partial charge on any atom is 0.322 e. The lowest BCUT2D eigenvalue weighted by Gasteiger charge is -2.15. The molecule has 1 fully saturated rings. The Morgan fingerprint density at radius 1 is 1.19 bits per heavy atom. The quantitative estimate of drug-likeness (QED) is 0.761. The molecule has 0 spiro atoms. The topological polar surface area (TPSA) is 101 Å². The summed E-state index contributed by atoms with van der Waals surface area (Å²) < 4.78 is 10.9. The van der Waals surface area contributed by atoms with Crippen LogP contribution in [0.15, 0.2) is 45.2 Å². The summed E-state index contributed by atoms with van der Waals surface area (Å²) in [5, 5.41) is 10.5. The van der Waals surface area contributed by atoms with Crippen LogP contribution in [0.2, 0.25) is 0 Å². The van der Waals surface area contributed by atoms with Crippen molar-refractivity contribution < 1.29 is 18.4 Å². The number of nitrogens with zero attached hydrogens (tertiary/aromatic N) is 3. The Morgan fingerprint density at radius 2 is 1.96 bits per heavy atom. The molecule has 0 radical (unpaired) electrons. The minimum atomic E-state index is -0.382. The number of amides is 2. The van der Waals surface area contributed by atoms with E-state index in [1.54, 1.807) is 24.8 Å². The molecule has 1 atom stereocenters. The number of nitrogens with one attached hydrogen (secondary N) is 1. The molecule has 8 nitrogen and oxygen atoms in total. The molecule has 138 valence electrons. The van der Waals surface area contributed by atoms with E-state index < -0.39 is 0 Å². The molecule has 1 N–H and O–H groups in total. The SMILES string of the molecule is Cc1cc(C(=O)Nc2nnc([C@H]3CC(=O)N(c4ccccc4)C3)o2)c(C)o1. The predicted octanol–water partition coefficient (Wildman–Crippen LogP) is 3.05. The van der Waals surface area contributed by atoms with E-state index in [0.717, 1.165) is 5.69 Å². The summed E-state index contributed by atoms with van der Waals surface area (Å²) in [4.78, 5) is 26.3. The number of furan rings is 1. The Balaban J connectivity index is 1.46. The van der Waals surface area contributed by atoms with Crippen LogP contribution in [0.3, 0.4) is 0 Å². The highest BCUT2D eigenvalue weighted by molar-refractivity contribution is 6.03. The number of carbonyl (C=O) groups is 2. The fourth-order valence-electron chi connectivity index (χ4n) is 3.20. The molecular weight excluding hydrogens is 348 g/mol. The van der Waals surface area contributed by atoms with Crippen molar-refractivity contribution in [3.63, 3.8) is 0 Å². The van der Waals surface area contributed by atoms with Crippen LogP contribution in [0.25, 0.3) is 0 Å². The van der Waals surface area contributed by atoms with Crippen molar-refractivity contribution in [2.75, 3.05) is 16.8 Å². The Labute approximate surface area is 155 Å². The highest BCUT2D eigenvalue weighted by atomic mass is 16.4. The van der Waals surface area contributed by atoms with Crippen LogP contribution in [-0.4, -0.2) is 28.6 Å². The normalized spacial score (nSPS) is 16.7. The Bertz CT molecular complexity index is 992. The van der Waals surface area contributed by atoms with Gasteiger partial charge in [-0.2, -0.15) is 0 Å². The van der Waals surface area contributed by atoms with E-state index in [9.17, 15) is 9.59 Å². The number of benzene rings is 1. The molecule has 2 amide bonds. The number of anilines is 2. The number of rotatable bonds is 4. The highest BCUT2D eigenvalue weighted by Crippen LogP contribution is 2.31. The molecule has 1 aliphatic rings. The van der Waals surface area contributed by atoms with E-state index in [1.165, 1.54) is 0 Å². The van der Waals surface area contributed by atoms with Gasteiger partial charge in [0, 0.05) is 18.7 Å². The molecule has 0 saturated carbocycles. The van der Waals surface area contributed by atoms with Crippen molar-refractivity contribution in [2.24, 2.45) is 0 Å². The van der Waals surface area contributed by atoms with Gasteiger partial charge in [-0.05, 0) is 32.0 Å². The number of carbonyl (C=O) groups excluding carboxylic acids is 2. The van der Waals surface area contributed by atoms with Crippen LogP contribution in [0, 0.1) is 13.8 Å². The minimum absolute atomic E-state index is 0.000479. The van der Waals surface area contributed by atoms with Crippen LogP contribution >= 0.6 is 0 Å². The third-order valence-corrected chi connectivity index (χ3v) is 4.49. The van der Waals surface area contributed by atoms with Crippen LogP contribution in [0.4, 0.5) is 11.7 Å². The van der Waals surface area contributed by atoms with Crippen molar-refractivity contribution in [1.29, 1.82) is 0 Å². The molecule has 0 aliphatic carbocycles. The van der Waals surface area contributed by atoms with Gasteiger partial charge >= 0.3 is 6.01 Å². The molecule has 0 bridgehead atoms. The zero-order valence-corrected chi connectivity index (χ0v) is 14.9. The fraction of sp³-hybridized carbons (Fsp3) is 0.263. The highest BCUT2D eigenvalue weighted by Gasteiger charge is 2.35. The molecule has 27 heavy (non-hydrogen) atoms. The first kappa shape index (κ1) is 17.0. The van der Waals surface area contributed by atoms with Gasteiger partial charge in [0.05, 0.1) is 11.5 Å². The van der Waals surface area contributed by atoms with Crippen LogP contribution in [0.1, 0.15) is 40.1 Å². The van der Waals surface area contributed by atoms with Crippen molar-refractivity contribution in [2.45, 2.75) is 26.2 Å². The molecule has 3 aromatic rings. The largest absolute Gasteiger partial charge is 0.466 e. The molecule has 8 heteroatoms. The molecule has 2 aromatic heterocycles. The summed E-state index contributed by atoms with van der Waals surface area (Å²) in [5.41, 5.74) is 1.25. The van der Waals surface area contributed by atoms with E-state index in [0.29, 0.717) is 29.5 Å². The van der Waals surface area contributed by atoms with E-state index in [-0.39, 0.29) is 30.2 Å². The summed E-state index contributed by atoms with van der Waals surface area (Å²) in [5.74, 6) is 0.900. The lowest BCUT2D eigenvalue weighted by atomic mass is 10.1. The monoisotopic (exact) mass is 366 g/mol. The molecule has 1 saturated heterocycles. The van der Waals surface area contributed by atoms with E-state index in [1.807, 2.05) is 30.3 Å². The lowest BCUT2D eigenvalue weighted by Crippen LogP contribution is -2.24. The second kappa shape index (κ2) is 6.71. The summed E-state index contributed by atoms with van der Waals surface area (Å²) in [6.45, 7) is 3.94. The zero-order chi connectivity index (χ0) is 19.0. The minimum Gasteiger partial charge on any atom is -0.466 e. The van der Waals surface area contributed by atoms with Crippen molar-refractivity contribution in [3.8, 4) is 0 Å². The number of hydrogen-bond donors (Lipinski definition) is 1. The summed E-state index contributed by atoms with van der Waals surface area (Å²) in [6.07, 6.45) is 0.282. The van der Waals surface area contributed by atoms with Crippen LogP contribution in [-0.2, 0) is 4.79 Å². The third-order valence-electron chi connectivity index (χ3n) is 4.49. The molecule has 3 heterocycles. The van der Waals surface area contributed by atoms with Gasteiger partial charge in [0.1, 0.15) is 11.5 Å². The van der Waals surface area contributed by atoms with Crippen molar-refractivity contribution >= 4 is 23.5 Å². The van der Waals surface area contributed by atoms with Gasteiger partial charge < -0.3 is 13.7 Å². The first-order valence-electron chi connectivity index (χ1n) is 8.58. The third kappa shape index (κ3) is 3.33. The van der Waals surface area contributed by atoms with Crippen molar-refractivity contribution in [1.82, 2.24) is 10.2 Å². The van der Waals surface area contributed by atoms with Gasteiger partial charge in [0.2, 0.25) is 11.8 Å². The van der Waals surface area contributed by atoms with E-state index in [2.05, 4.69) is 15.5 Å². The fourth-order valence-corrected chi connectivity index (χ4v) is 3.20. The van der Waals surface area contributed by atoms with Crippen LogP contribution in [0.5, 0.6) is 0 Å². The van der Waals surface area contributed by atoms with Gasteiger partial charge in [0.15, 0.2) is 0 Å². The Kier molecular flexibility index (Phi) is 4.23. The van der Waals surface area contributed by atoms with Gasteiger partial charge in [-0.25, -0.2) is 0 Å². The number of para-hydroxylation sites is 1. The molecule has 0 unspecified atom stereocenters. The standard InChI is InChI=1S/C19H18N4O4/c1-11-8-15(12(2)26-11)17(25)20-19-22-21-18(27-19)13-9-16(24)23(10-13)14-6-4-3-5-7-14/h3-8,13H,9-10H2,1-2H3,(H,20,22,25)/t13-/m0/s1. The summed E-state index contributed by atoms with van der Waals surface area (Å²) in [7, 11) is 0. The van der Waals surface area contributed by atoms with Crippen molar-refractivity contribution in [3.05, 3.63) is 59.4 Å². The summed E-state index contributed by atoms with van der Waals surface area (Å²) >= 11 is 0.